The van der Waals surface area contributed by atoms with Gasteiger partial charge in [0.2, 0.25) is 0 Å². The van der Waals surface area contributed by atoms with E-state index in [1.54, 1.807) is 18.2 Å². The van der Waals surface area contributed by atoms with Crippen LogP contribution in [0.15, 0.2) is 60.7 Å². The Bertz CT molecular complexity index is 1090. The van der Waals surface area contributed by atoms with Crippen LogP contribution in [-0.2, 0) is 0 Å². The van der Waals surface area contributed by atoms with Crippen LogP contribution >= 0.6 is 0 Å². The van der Waals surface area contributed by atoms with Crippen LogP contribution in [-0.4, -0.2) is 12.6 Å². The second kappa shape index (κ2) is 11.7. The molecule has 3 nitrogen and oxygen atoms in total. The summed E-state index contributed by atoms with van der Waals surface area (Å²) in [7, 11) is 0. The number of halogens is 2. The zero-order chi connectivity index (χ0) is 24.8. The molecule has 0 amide bonds. The minimum Gasteiger partial charge on any atom is -0.489 e. The van der Waals surface area contributed by atoms with Crippen molar-refractivity contribution in [1.29, 1.82) is 0 Å². The molecule has 0 aliphatic heterocycles. The van der Waals surface area contributed by atoms with E-state index in [0.717, 1.165) is 31.2 Å². The van der Waals surface area contributed by atoms with Gasteiger partial charge in [-0.1, -0.05) is 30.4 Å². The average Bonchev–Trinajstić information content (AvgIpc) is 2.85. The molecule has 4 unspecified atom stereocenters. The van der Waals surface area contributed by atoms with Crippen molar-refractivity contribution < 1.29 is 23.0 Å². The molecule has 2 aliphatic rings. The Morgan fingerprint density at radius 3 is 2.49 bits per heavy atom. The number of rotatable bonds is 7. The highest BCUT2D eigenvalue weighted by molar-refractivity contribution is 5.91. The highest BCUT2D eigenvalue weighted by Crippen LogP contribution is 2.48. The molecule has 0 spiro atoms. The fourth-order valence-electron chi connectivity index (χ4n) is 5.69. The number of carbonyl (C=O) groups is 1. The number of allylic oxidation sites excluding steroid dienone is 3. The Kier molecular flexibility index (Phi) is 8.37. The minimum absolute atomic E-state index is 0.0691. The Balaban J connectivity index is 1.38. The number of fused-ring (bicyclic) bond motifs is 1. The molecule has 0 aromatic heterocycles. The summed E-state index contributed by atoms with van der Waals surface area (Å²) in [5.74, 6) is 0.459. The van der Waals surface area contributed by atoms with Gasteiger partial charge in [0.05, 0.1) is 5.56 Å². The van der Waals surface area contributed by atoms with Gasteiger partial charge in [-0.15, -0.1) is 0 Å². The zero-order valence-corrected chi connectivity index (χ0v) is 20.5. The lowest BCUT2D eigenvalue weighted by Crippen LogP contribution is -2.30. The van der Waals surface area contributed by atoms with Gasteiger partial charge in [-0.25, -0.2) is 13.6 Å². The average molecular weight is 481 g/mol. The molecule has 2 aromatic rings. The highest BCUT2D eigenvalue weighted by atomic mass is 19.1. The third-order valence-corrected chi connectivity index (χ3v) is 7.48. The smallest absolute Gasteiger partial charge is 0.343 e. The normalized spacial score (nSPS) is 24.5. The summed E-state index contributed by atoms with van der Waals surface area (Å²) in [6.07, 6.45) is 14.9. The summed E-state index contributed by atoms with van der Waals surface area (Å²) in [6, 6.07) is 8.55. The third-order valence-electron chi connectivity index (χ3n) is 7.48. The maximum atomic E-state index is 15.1. The van der Waals surface area contributed by atoms with Crippen molar-refractivity contribution in [2.45, 2.75) is 58.3 Å². The van der Waals surface area contributed by atoms with Gasteiger partial charge in [0.15, 0.2) is 11.6 Å². The first-order valence-electron chi connectivity index (χ1n) is 12.7. The first kappa shape index (κ1) is 25.2. The molecule has 0 bridgehead atoms. The lowest BCUT2D eigenvalue weighted by Gasteiger charge is -2.41. The topological polar surface area (TPSA) is 35.5 Å². The molecule has 4 rings (SSSR count). The molecule has 0 heterocycles. The van der Waals surface area contributed by atoms with Crippen LogP contribution in [0.25, 0.3) is 0 Å². The first-order chi connectivity index (χ1) is 17.0. The van der Waals surface area contributed by atoms with E-state index < -0.39 is 17.6 Å². The van der Waals surface area contributed by atoms with Gasteiger partial charge in [0, 0.05) is 6.07 Å². The maximum absolute atomic E-state index is 15.1. The molecule has 2 saturated carbocycles. The van der Waals surface area contributed by atoms with Gasteiger partial charge < -0.3 is 9.47 Å². The molecular formula is C30H34F2O3. The summed E-state index contributed by atoms with van der Waals surface area (Å²) in [5.41, 5.74) is 0.740. The van der Waals surface area contributed by atoms with Crippen LogP contribution in [0.5, 0.6) is 11.5 Å². The van der Waals surface area contributed by atoms with E-state index in [1.807, 2.05) is 13.0 Å². The third kappa shape index (κ3) is 6.19. The second-order valence-corrected chi connectivity index (χ2v) is 9.73. The molecule has 2 aliphatic carbocycles. The molecule has 2 fully saturated rings. The quantitative estimate of drug-likeness (QED) is 0.229. The fourth-order valence-corrected chi connectivity index (χ4v) is 5.69. The molecule has 2 aromatic carbocycles. The van der Waals surface area contributed by atoms with E-state index in [4.69, 9.17) is 9.47 Å². The number of esters is 1. The fraction of sp³-hybridized carbons (Fsp3) is 0.433. The van der Waals surface area contributed by atoms with E-state index >= 15 is 4.39 Å². The molecule has 4 atom stereocenters. The van der Waals surface area contributed by atoms with E-state index in [0.29, 0.717) is 29.8 Å². The number of ether oxygens (including phenoxy) is 2. The van der Waals surface area contributed by atoms with Crippen molar-refractivity contribution in [2.24, 2.45) is 17.8 Å². The van der Waals surface area contributed by atoms with Crippen molar-refractivity contribution in [2.75, 3.05) is 6.61 Å². The largest absolute Gasteiger partial charge is 0.489 e. The molecular weight excluding hydrogens is 446 g/mol. The summed E-state index contributed by atoms with van der Waals surface area (Å²) < 4.78 is 40.0. The maximum Gasteiger partial charge on any atom is 0.343 e. The number of hydrogen-bond donors (Lipinski definition) is 0. The molecule has 35 heavy (non-hydrogen) atoms. The Morgan fingerprint density at radius 2 is 1.74 bits per heavy atom. The molecule has 0 radical (unpaired) electrons. The minimum atomic E-state index is -0.789. The second-order valence-electron chi connectivity index (χ2n) is 9.73. The summed E-state index contributed by atoms with van der Waals surface area (Å²) in [4.78, 5) is 12.6. The Morgan fingerprint density at radius 1 is 0.943 bits per heavy atom. The number of carbonyl (C=O) groups excluding carboxylic acids is 1. The van der Waals surface area contributed by atoms with Gasteiger partial charge >= 0.3 is 5.97 Å². The molecule has 186 valence electrons. The lowest BCUT2D eigenvalue weighted by molar-refractivity contribution is 0.0727. The Hall–Kier alpha value is -2.95. The summed E-state index contributed by atoms with van der Waals surface area (Å²) in [6.45, 7) is 4.27. The van der Waals surface area contributed by atoms with E-state index in [1.165, 1.54) is 37.5 Å². The number of benzene rings is 2. The standard InChI is InChI=1S/C30H34F2O3/c1-3-5-15-34-25-12-14-29(28(32)19-25)35-30(33)24-11-13-26(27(31)18-24)23-10-9-21-16-20(6-4-2)7-8-22(21)17-23/h3-6,11-14,18-23H,7-10,15-17H2,1-2H3/b5-3+,6-4+. The van der Waals surface area contributed by atoms with Gasteiger partial charge in [-0.05, 0) is 106 Å². The van der Waals surface area contributed by atoms with Gasteiger partial charge in [-0.3, -0.25) is 0 Å². The van der Waals surface area contributed by atoms with Crippen LogP contribution in [0.3, 0.4) is 0 Å². The van der Waals surface area contributed by atoms with Crippen molar-refractivity contribution >= 4 is 5.97 Å². The first-order valence-corrected chi connectivity index (χ1v) is 12.7. The van der Waals surface area contributed by atoms with Crippen molar-refractivity contribution in [3.8, 4) is 11.5 Å². The van der Waals surface area contributed by atoms with Crippen molar-refractivity contribution in [3.05, 3.63) is 83.5 Å². The van der Waals surface area contributed by atoms with Gasteiger partial charge in [-0.2, -0.15) is 0 Å². The molecule has 5 heteroatoms. The van der Waals surface area contributed by atoms with Gasteiger partial charge in [0.1, 0.15) is 18.2 Å². The molecule has 0 N–H and O–H groups in total. The predicted molar refractivity (Wildman–Crippen MR) is 134 cm³/mol. The van der Waals surface area contributed by atoms with Crippen LogP contribution in [0.4, 0.5) is 8.78 Å². The van der Waals surface area contributed by atoms with E-state index in [-0.39, 0.29) is 17.2 Å². The predicted octanol–water partition coefficient (Wildman–Crippen LogP) is 8.02. The van der Waals surface area contributed by atoms with Crippen LogP contribution in [0, 0.1) is 29.4 Å². The van der Waals surface area contributed by atoms with Crippen molar-refractivity contribution in [1.82, 2.24) is 0 Å². The van der Waals surface area contributed by atoms with E-state index in [9.17, 15) is 9.18 Å². The summed E-state index contributed by atoms with van der Waals surface area (Å²) in [5, 5.41) is 0. The van der Waals surface area contributed by atoms with Crippen molar-refractivity contribution in [3.63, 3.8) is 0 Å². The SMILES string of the molecule is C/C=C/COc1ccc(OC(=O)c2ccc(C3CCC4CC(/C=C/C)CCC4C3)c(F)c2)c(F)c1. The summed E-state index contributed by atoms with van der Waals surface area (Å²) >= 11 is 0. The number of hydrogen-bond acceptors (Lipinski definition) is 3. The van der Waals surface area contributed by atoms with E-state index in [2.05, 4.69) is 19.1 Å². The van der Waals surface area contributed by atoms with Crippen LogP contribution in [0.1, 0.15) is 74.2 Å². The van der Waals surface area contributed by atoms with Crippen LogP contribution < -0.4 is 9.47 Å². The molecule has 0 saturated heterocycles. The van der Waals surface area contributed by atoms with Gasteiger partial charge in [0.25, 0.3) is 0 Å². The van der Waals surface area contributed by atoms with Crippen LogP contribution in [0.2, 0.25) is 0 Å². The monoisotopic (exact) mass is 480 g/mol. The highest BCUT2D eigenvalue weighted by Gasteiger charge is 2.36. The Labute approximate surface area is 206 Å². The lowest BCUT2D eigenvalue weighted by atomic mass is 9.64. The zero-order valence-electron chi connectivity index (χ0n) is 20.5.